The van der Waals surface area contributed by atoms with Gasteiger partial charge in [0.15, 0.2) is 0 Å². The molecule has 1 saturated heterocycles. The number of esters is 1. The van der Waals surface area contributed by atoms with Gasteiger partial charge in [-0.15, -0.1) is 11.8 Å². The Balaban J connectivity index is 1.87. The first kappa shape index (κ1) is 18.8. The van der Waals surface area contributed by atoms with Gasteiger partial charge in [0.05, 0.1) is 17.4 Å². The average molecular weight is 366 g/mol. The largest absolute Gasteiger partial charge is 0.480 e. The van der Waals surface area contributed by atoms with Crippen molar-refractivity contribution in [2.24, 2.45) is 0 Å². The Hall–Kier alpha value is -2.55. The van der Waals surface area contributed by atoms with Crippen molar-refractivity contribution in [2.45, 2.75) is 24.6 Å². The van der Waals surface area contributed by atoms with Gasteiger partial charge >= 0.3 is 11.9 Å². The van der Waals surface area contributed by atoms with Gasteiger partial charge in [-0.25, -0.2) is 9.59 Å². The molecule has 2 amide bonds. The summed E-state index contributed by atoms with van der Waals surface area (Å²) in [6, 6.07) is 5.28. The number of hydrogen-bond acceptors (Lipinski definition) is 6. The van der Waals surface area contributed by atoms with E-state index in [0.717, 1.165) is 11.8 Å². The second kappa shape index (κ2) is 8.52. The molecule has 0 bridgehead atoms. The summed E-state index contributed by atoms with van der Waals surface area (Å²) in [5, 5.41) is 13.3. The number of benzene rings is 1. The summed E-state index contributed by atoms with van der Waals surface area (Å²) in [4.78, 5) is 46.3. The molecule has 25 heavy (non-hydrogen) atoms. The summed E-state index contributed by atoms with van der Waals surface area (Å²) < 4.78 is 4.87. The van der Waals surface area contributed by atoms with Crippen LogP contribution in [0.1, 0.15) is 23.7 Å². The second-order valence-electron chi connectivity index (χ2n) is 5.27. The van der Waals surface area contributed by atoms with Gasteiger partial charge in [-0.05, 0) is 31.2 Å². The zero-order chi connectivity index (χ0) is 18.4. The zero-order valence-electron chi connectivity index (χ0n) is 13.5. The highest BCUT2D eigenvalue weighted by molar-refractivity contribution is 8.00. The van der Waals surface area contributed by atoms with Gasteiger partial charge in [0.25, 0.3) is 0 Å². The van der Waals surface area contributed by atoms with E-state index in [1.54, 1.807) is 19.1 Å². The van der Waals surface area contributed by atoms with Gasteiger partial charge < -0.3 is 20.5 Å². The van der Waals surface area contributed by atoms with Crippen molar-refractivity contribution in [1.82, 2.24) is 5.32 Å². The number of amides is 2. The first-order chi connectivity index (χ1) is 11.9. The molecule has 1 aromatic carbocycles. The second-order valence-corrected chi connectivity index (χ2v) is 6.51. The average Bonchev–Trinajstić information content (AvgIpc) is 2.57. The molecule has 134 valence electrons. The fourth-order valence-electron chi connectivity index (χ4n) is 2.16. The highest BCUT2D eigenvalue weighted by Gasteiger charge is 2.33. The molecule has 0 spiro atoms. The van der Waals surface area contributed by atoms with Crippen LogP contribution in [0.2, 0.25) is 0 Å². The lowest BCUT2D eigenvalue weighted by Gasteiger charge is -2.25. The van der Waals surface area contributed by atoms with E-state index in [9.17, 15) is 19.2 Å². The van der Waals surface area contributed by atoms with Gasteiger partial charge in [-0.3, -0.25) is 9.59 Å². The number of carbonyl (C=O) groups is 4. The number of hydrogen-bond donors (Lipinski definition) is 3. The van der Waals surface area contributed by atoms with Crippen LogP contribution in [-0.2, 0) is 19.1 Å². The lowest BCUT2D eigenvalue weighted by molar-refractivity contribution is -0.141. The molecule has 8 nitrogen and oxygen atoms in total. The van der Waals surface area contributed by atoms with E-state index in [-0.39, 0.29) is 24.7 Å². The summed E-state index contributed by atoms with van der Waals surface area (Å²) >= 11 is 1.14. The molecule has 1 heterocycles. The molecule has 0 radical (unpaired) electrons. The Morgan fingerprint density at radius 3 is 2.56 bits per heavy atom. The van der Waals surface area contributed by atoms with E-state index < -0.39 is 29.1 Å². The maximum atomic E-state index is 12.1. The highest BCUT2D eigenvalue weighted by atomic mass is 32.2. The Morgan fingerprint density at radius 2 is 2.00 bits per heavy atom. The van der Waals surface area contributed by atoms with Crippen molar-refractivity contribution in [3.05, 3.63) is 29.8 Å². The van der Waals surface area contributed by atoms with Gasteiger partial charge in [0.1, 0.15) is 6.04 Å². The number of ether oxygens (including phenoxy) is 1. The van der Waals surface area contributed by atoms with E-state index in [1.165, 1.54) is 12.1 Å². The number of rotatable bonds is 6. The minimum Gasteiger partial charge on any atom is -0.480 e. The lowest BCUT2D eigenvalue weighted by Crippen LogP contribution is -2.51. The normalized spacial score (nSPS) is 19.6. The molecule has 2 rings (SSSR count). The minimum absolute atomic E-state index is 0.0670. The van der Waals surface area contributed by atoms with Crippen LogP contribution in [0.25, 0.3) is 0 Å². The smallest absolute Gasteiger partial charge is 0.338 e. The number of nitrogens with one attached hydrogen (secondary N) is 2. The summed E-state index contributed by atoms with van der Waals surface area (Å²) in [6.45, 7) is 1.99. The fraction of sp³-hybridized carbons (Fsp3) is 0.375. The quantitative estimate of drug-likeness (QED) is 0.639. The van der Waals surface area contributed by atoms with E-state index in [0.29, 0.717) is 11.3 Å². The monoisotopic (exact) mass is 366 g/mol. The first-order valence-corrected chi connectivity index (χ1v) is 8.67. The number of thioether (sulfide) groups is 1. The number of carboxylic acid groups (broad SMARTS) is 1. The van der Waals surface area contributed by atoms with E-state index in [2.05, 4.69) is 10.6 Å². The van der Waals surface area contributed by atoms with Crippen LogP contribution in [0.15, 0.2) is 24.3 Å². The van der Waals surface area contributed by atoms with Crippen LogP contribution >= 0.6 is 11.8 Å². The molecule has 2 atom stereocenters. The SMILES string of the molecule is CCOC(=O)c1ccc(NC(=O)C[C@H]2SC[C@H](C(=O)O)NC2=O)cc1. The van der Waals surface area contributed by atoms with Gasteiger partial charge in [-0.1, -0.05) is 0 Å². The Kier molecular flexibility index (Phi) is 6.40. The minimum atomic E-state index is -1.09. The van der Waals surface area contributed by atoms with Gasteiger partial charge in [0, 0.05) is 17.9 Å². The Morgan fingerprint density at radius 1 is 1.32 bits per heavy atom. The van der Waals surface area contributed by atoms with Crippen molar-refractivity contribution < 1.29 is 29.0 Å². The maximum absolute atomic E-state index is 12.1. The number of aliphatic carboxylic acids is 1. The van der Waals surface area contributed by atoms with Gasteiger partial charge in [0.2, 0.25) is 11.8 Å². The fourth-order valence-corrected chi connectivity index (χ4v) is 3.30. The molecule has 0 aliphatic carbocycles. The van der Waals surface area contributed by atoms with Crippen molar-refractivity contribution in [3.8, 4) is 0 Å². The summed E-state index contributed by atoms with van der Waals surface area (Å²) in [5.74, 6) is -2.15. The number of carbonyl (C=O) groups excluding carboxylic acids is 3. The van der Waals surface area contributed by atoms with E-state index in [4.69, 9.17) is 9.84 Å². The van der Waals surface area contributed by atoms with Crippen LogP contribution in [0.5, 0.6) is 0 Å². The molecule has 1 aromatic rings. The molecule has 0 aromatic heterocycles. The molecule has 0 unspecified atom stereocenters. The molecule has 1 fully saturated rings. The van der Waals surface area contributed by atoms with Crippen molar-refractivity contribution >= 4 is 41.2 Å². The third-order valence-electron chi connectivity index (χ3n) is 3.42. The molecule has 3 N–H and O–H groups in total. The summed E-state index contributed by atoms with van der Waals surface area (Å²) in [7, 11) is 0. The van der Waals surface area contributed by atoms with Crippen molar-refractivity contribution in [1.29, 1.82) is 0 Å². The maximum Gasteiger partial charge on any atom is 0.338 e. The predicted octanol–water partition coefficient (Wildman–Crippen LogP) is 0.877. The van der Waals surface area contributed by atoms with Crippen LogP contribution < -0.4 is 10.6 Å². The van der Waals surface area contributed by atoms with Crippen LogP contribution in [0.4, 0.5) is 5.69 Å². The van der Waals surface area contributed by atoms with Gasteiger partial charge in [-0.2, -0.15) is 0 Å². The summed E-state index contributed by atoms with van der Waals surface area (Å²) in [6.07, 6.45) is -0.0670. The Labute approximate surface area is 148 Å². The third-order valence-corrected chi connectivity index (χ3v) is 4.73. The molecule has 9 heteroatoms. The first-order valence-electron chi connectivity index (χ1n) is 7.62. The highest BCUT2D eigenvalue weighted by Crippen LogP contribution is 2.22. The lowest BCUT2D eigenvalue weighted by atomic mass is 10.2. The topological polar surface area (TPSA) is 122 Å². The molecule has 1 aliphatic heterocycles. The number of anilines is 1. The van der Waals surface area contributed by atoms with Crippen LogP contribution in [0.3, 0.4) is 0 Å². The Bertz CT molecular complexity index is 676. The molecule has 0 saturated carbocycles. The van der Waals surface area contributed by atoms with E-state index >= 15 is 0 Å². The zero-order valence-corrected chi connectivity index (χ0v) is 14.3. The van der Waals surface area contributed by atoms with Crippen LogP contribution in [0, 0.1) is 0 Å². The van der Waals surface area contributed by atoms with Crippen molar-refractivity contribution in [3.63, 3.8) is 0 Å². The third kappa shape index (κ3) is 5.21. The number of carboxylic acids is 1. The summed E-state index contributed by atoms with van der Waals surface area (Å²) in [5.41, 5.74) is 0.865. The van der Waals surface area contributed by atoms with E-state index in [1.807, 2.05) is 0 Å². The van der Waals surface area contributed by atoms with Crippen molar-refractivity contribution in [2.75, 3.05) is 17.7 Å². The molecule has 1 aliphatic rings. The molecular formula is C16H18N2O6S. The standard InChI is InChI=1S/C16H18N2O6S/c1-2-24-16(23)9-3-5-10(6-4-9)17-13(19)7-12-14(20)18-11(8-25-12)15(21)22/h3-6,11-12H,2,7-8H2,1H3,(H,17,19)(H,18,20)(H,21,22)/t11-,12-/m1/s1. The molecular weight excluding hydrogens is 348 g/mol. The predicted molar refractivity (Wildman–Crippen MR) is 91.5 cm³/mol. The van der Waals surface area contributed by atoms with Crippen LogP contribution in [-0.4, -0.2) is 52.5 Å².